The van der Waals surface area contributed by atoms with E-state index in [1.54, 1.807) is 43.1 Å². The third-order valence-electron chi connectivity index (χ3n) is 5.92. The van der Waals surface area contributed by atoms with Gasteiger partial charge in [0.1, 0.15) is 0 Å². The normalized spacial score (nSPS) is 15.0. The van der Waals surface area contributed by atoms with Crippen LogP contribution in [0.1, 0.15) is 32.7 Å². The fourth-order valence-corrected chi connectivity index (χ4v) is 6.27. The second-order valence-electron chi connectivity index (χ2n) is 8.05. The molecule has 1 aromatic heterocycles. The Hall–Kier alpha value is -3.28. The minimum atomic E-state index is -3.73. The zero-order valence-corrected chi connectivity index (χ0v) is 19.1. The minimum Gasteiger partial charge on any atom is -0.336 e. The molecule has 1 saturated heterocycles. The van der Waals surface area contributed by atoms with Gasteiger partial charge >= 0.3 is 0 Å². The predicted octanol–water partition coefficient (Wildman–Crippen LogP) is 3.18. The lowest BCUT2D eigenvalue weighted by Crippen LogP contribution is -2.50. The number of rotatable bonds is 3. The third kappa shape index (κ3) is 3.74. The Morgan fingerprint density at radius 3 is 2.31 bits per heavy atom. The number of carbonyl (C=O) groups excluding carboxylic acids is 1. The van der Waals surface area contributed by atoms with E-state index in [1.807, 2.05) is 25.1 Å². The first-order valence-corrected chi connectivity index (χ1v) is 11.8. The number of hydrogen-bond acceptors (Lipinski definition) is 5. The predicted molar refractivity (Wildman–Crippen MR) is 122 cm³/mol. The summed E-state index contributed by atoms with van der Waals surface area (Å²) in [6.07, 6.45) is 1.72. The van der Waals surface area contributed by atoms with Crippen LogP contribution in [0.15, 0.2) is 47.5 Å². The van der Waals surface area contributed by atoms with Crippen molar-refractivity contribution in [3.8, 4) is 6.07 Å². The maximum Gasteiger partial charge on any atom is 0.254 e. The number of aromatic nitrogens is 1. The minimum absolute atomic E-state index is 0.116. The van der Waals surface area contributed by atoms with Crippen LogP contribution < -0.4 is 0 Å². The number of piperazine rings is 1. The number of amides is 1. The van der Waals surface area contributed by atoms with Crippen molar-refractivity contribution >= 4 is 26.7 Å². The van der Waals surface area contributed by atoms with Crippen LogP contribution in [0.5, 0.6) is 0 Å². The first-order chi connectivity index (χ1) is 15.2. The highest BCUT2D eigenvalue weighted by atomic mass is 32.2. The summed E-state index contributed by atoms with van der Waals surface area (Å²) in [5, 5.41) is 10.9. The van der Waals surface area contributed by atoms with E-state index in [0.717, 1.165) is 16.5 Å². The molecule has 3 aromatic rings. The number of sulfonamides is 1. The summed E-state index contributed by atoms with van der Waals surface area (Å²) in [7, 11) is -3.73. The van der Waals surface area contributed by atoms with Gasteiger partial charge in [-0.3, -0.25) is 9.78 Å². The molecule has 0 atom stereocenters. The van der Waals surface area contributed by atoms with Crippen molar-refractivity contribution in [3.63, 3.8) is 0 Å². The fraction of sp³-hybridized carbons (Fsp3) is 0.292. The number of aryl methyl sites for hydroxylation is 3. The van der Waals surface area contributed by atoms with Crippen molar-refractivity contribution in [2.24, 2.45) is 0 Å². The van der Waals surface area contributed by atoms with Crippen LogP contribution in [0.3, 0.4) is 0 Å². The van der Waals surface area contributed by atoms with Gasteiger partial charge in [0.25, 0.3) is 5.91 Å². The molecule has 0 spiro atoms. The molecule has 1 amide bonds. The number of pyridine rings is 1. The Balaban J connectivity index is 1.57. The molecule has 0 radical (unpaired) electrons. The van der Waals surface area contributed by atoms with Gasteiger partial charge < -0.3 is 4.90 Å². The van der Waals surface area contributed by atoms with Crippen LogP contribution in [0.2, 0.25) is 0 Å². The number of nitrogens with zero attached hydrogens (tertiary/aromatic N) is 4. The topological polar surface area (TPSA) is 94.4 Å². The number of fused-ring (bicyclic) bond motifs is 1. The molecule has 2 heterocycles. The van der Waals surface area contributed by atoms with E-state index < -0.39 is 10.0 Å². The second kappa shape index (κ2) is 8.34. The molecule has 0 N–H and O–H groups in total. The van der Waals surface area contributed by atoms with Gasteiger partial charge in [-0.1, -0.05) is 12.1 Å². The Labute approximate surface area is 188 Å². The largest absolute Gasteiger partial charge is 0.336 e. The maximum atomic E-state index is 13.3. The van der Waals surface area contributed by atoms with E-state index in [0.29, 0.717) is 35.3 Å². The summed E-state index contributed by atoms with van der Waals surface area (Å²) in [6, 6.07) is 12.7. The first kappa shape index (κ1) is 21.9. The number of carbonyl (C=O) groups is 1. The van der Waals surface area contributed by atoms with Crippen molar-refractivity contribution in [1.82, 2.24) is 14.2 Å². The lowest BCUT2D eigenvalue weighted by atomic mass is 10.0. The summed E-state index contributed by atoms with van der Waals surface area (Å²) < 4.78 is 28.1. The van der Waals surface area contributed by atoms with Crippen LogP contribution in [0.25, 0.3) is 10.8 Å². The van der Waals surface area contributed by atoms with Crippen LogP contribution in [0.4, 0.5) is 0 Å². The Morgan fingerprint density at radius 2 is 1.69 bits per heavy atom. The molecule has 0 saturated carbocycles. The third-order valence-corrected chi connectivity index (χ3v) is 8.13. The zero-order chi connectivity index (χ0) is 23.0. The van der Waals surface area contributed by atoms with Crippen molar-refractivity contribution in [3.05, 3.63) is 70.5 Å². The van der Waals surface area contributed by atoms with E-state index >= 15 is 0 Å². The van der Waals surface area contributed by atoms with Crippen molar-refractivity contribution < 1.29 is 13.2 Å². The molecule has 1 aliphatic heterocycles. The van der Waals surface area contributed by atoms with Gasteiger partial charge in [0.05, 0.1) is 16.5 Å². The van der Waals surface area contributed by atoms with Gasteiger partial charge in [0.15, 0.2) is 0 Å². The standard InChI is InChI=1S/C24H24N4O3S/c1-16-13-19(15-25)14-17(2)23(16)32(30,31)28-11-9-27(10-12-28)24(29)21-6-4-5-20-7-8-26-18(3)22(20)21/h4-8,13-14H,9-12H2,1-3H3. The highest BCUT2D eigenvalue weighted by Crippen LogP contribution is 2.27. The SMILES string of the molecule is Cc1cc(C#N)cc(C)c1S(=O)(=O)N1CCN(C(=O)c2cccc3ccnc(C)c23)CC1. The molecule has 1 fully saturated rings. The maximum absolute atomic E-state index is 13.3. The van der Waals surface area contributed by atoms with Crippen LogP contribution >= 0.6 is 0 Å². The van der Waals surface area contributed by atoms with Gasteiger partial charge in [-0.2, -0.15) is 9.57 Å². The quantitative estimate of drug-likeness (QED) is 0.613. The smallest absolute Gasteiger partial charge is 0.254 e. The first-order valence-electron chi connectivity index (χ1n) is 10.4. The van der Waals surface area contributed by atoms with Crippen LogP contribution in [-0.4, -0.2) is 54.7 Å². The summed E-state index contributed by atoms with van der Waals surface area (Å²) >= 11 is 0. The second-order valence-corrected chi connectivity index (χ2v) is 9.92. The molecule has 8 heteroatoms. The summed E-state index contributed by atoms with van der Waals surface area (Å²) in [6.45, 7) is 6.34. The van der Waals surface area contributed by atoms with Gasteiger partial charge in [0.2, 0.25) is 10.0 Å². The van der Waals surface area contributed by atoms with E-state index in [-0.39, 0.29) is 23.9 Å². The van der Waals surface area contributed by atoms with E-state index in [1.165, 1.54) is 4.31 Å². The average molecular weight is 449 g/mol. The lowest BCUT2D eigenvalue weighted by molar-refractivity contribution is 0.0699. The molecule has 0 bridgehead atoms. The fourth-order valence-electron chi connectivity index (χ4n) is 4.44. The van der Waals surface area contributed by atoms with E-state index in [4.69, 9.17) is 5.26 Å². The number of benzene rings is 2. The molecule has 164 valence electrons. The molecule has 0 aliphatic carbocycles. The molecule has 0 unspecified atom stereocenters. The van der Waals surface area contributed by atoms with Gasteiger partial charge in [-0.15, -0.1) is 0 Å². The summed E-state index contributed by atoms with van der Waals surface area (Å²) in [5.74, 6) is -0.116. The number of hydrogen-bond donors (Lipinski definition) is 0. The van der Waals surface area contributed by atoms with Crippen LogP contribution in [0, 0.1) is 32.1 Å². The Bertz CT molecular complexity index is 1340. The molecule has 4 rings (SSSR count). The van der Waals surface area contributed by atoms with Gasteiger partial charge in [0, 0.05) is 49.0 Å². The Morgan fingerprint density at radius 1 is 1.03 bits per heavy atom. The molecule has 32 heavy (non-hydrogen) atoms. The van der Waals surface area contributed by atoms with Crippen molar-refractivity contribution in [2.45, 2.75) is 25.7 Å². The molecule has 7 nitrogen and oxygen atoms in total. The molecular formula is C24H24N4O3S. The molecule has 2 aromatic carbocycles. The van der Waals surface area contributed by atoms with Crippen LogP contribution in [-0.2, 0) is 10.0 Å². The molecular weight excluding hydrogens is 424 g/mol. The van der Waals surface area contributed by atoms with Gasteiger partial charge in [-0.25, -0.2) is 8.42 Å². The zero-order valence-electron chi connectivity index (χ0n) is 18.3. The van der Waals surface area contributed by atoms with E-state index in [9.17, 15) is 13.2 Å². The highest BCUT2D eigenvalue weighted by molar-refractivity contribution is 7.89. The Kier molecular flexibility index (Phi) is 5.71. The number of nitriles is 1. The molecule has 1 aliphatic rings. The van der Waals surface area contributed by atoms with Gasteiger partial charge in [-0.05, 0) is 61.5 Å². The lowest BCUT2D eigenvalue weighted by Gasteiger charge is -2.34. The summed E-state index contributed by atoms with van der Waals surface area (Å²) in [5.41, 5.74) is 2.93. The monoisotopic (exact) mass is 448 g/mol. The van der Waals surface area contributed by atoms with Crippen molar-refractivity contribution in [1.29, 1.82) is 5.26 Å². The van der Waals surface area contributed by atoms with E-state index in [2.05, 4.69) is 11.1 Å². The summed E-state index contributed by atoms with van der Waals surface area (Å²) in [4.78, 5) is 19.5. The highest BCUT2D eigenvalue weighted by Gasteiger charge is 2.33. The van der Waals surface area contributed by atoms with Crippen molar-refractivity contribution in [2.75, 3.05) is 26.2 Å². The average Bonchev–Trinajstić information content (AvgIpc) is 2.77.